The number of fused-ring (bicyclic) bond motifs is 1. The number of thiophene rings is 1. The van der Waals surface area contributed by atoms with Crippen molar-refractivity contribution in [1.29, 1.82) is 0 Å². The van der Waals surface area contributed by atoms with Crippen LogP contribution >= 0.6 is 11.3 Å². The maximum absolute atomic E-state index is 14.7. The highest BCUT2D eigenvalue weighted by molar-refractivity contribution is 7.22. The molecule has 0 spiro atoms. The van der Waals surface area contributed by atoms with E-state index in [1.54, 1.807) is 29.5 Å². The van der Waals surface area contributed by atoms with Gasteiger partial charge in [0.25, 0.3) is 5.69 Å². The molecule has 1 aliphatic rings. The molecule has 9 nitrogen and oxygen atoms in total. The Kier molecular flexibility index (Phi) is 8.01. The molecule has 0 bridgehead atoms. The van der Waals surface area contributed by atoms with E-state index in [2.05, 4.69) is 4.98 Å². The largest absolute Gasteiger partial charge is 0.444 e. The summed E-state index contributed by atoms with van der Waals surface area (Å²) >= 11 is 1.58. The van der Waals surface area contributed by atoms with Crippen molar-refractivity contribution in [3.05, 3.63) is 87.5 Å². The molecule has 1 aliphatic carbocycles. The quantitative estimate of drug-likeness (QED) is 0.155. The van der Waals surface area contributed by atoms with Gasteiger partial charge in [0.2, 0.25) is 0 Å². The van der Waals surface area contributed by atoms with Gasteiger partial charge in [0.05, 0.1) is 50.6 Å². The summed E-state index contributed by atoms with van der Waals surface area (Å²) in [6.07, 6.45) is 2.09. The summed E-state index contributed by atoms with van der Waals surface area (Å²) in [6.45, 7) is 6.49. The minimum Gasteiger partial charge on any atom is -0.444 e. The number of halogens is 1. The summed E-state index contributed by atoms with van der Waals surface area (Å²) in [7, 11) is 1.59. The number of carbonyl (C=O) groups excluding carboxylic acids is 1. The van der Waals surface area contributed by atoms with E-state index < -0.39 is 22.4 Å². The number of carbonyl (C=O) groups is 1. The SMILES string of the molecule is COCCN(Cc1cccc(-c2cc3nccc(C4CC4c4ccc([N+](=O)[O-])cc4F)c3s2)n1)C(=O)OC(C)(C)C. The number of nitrogens with zero attached hydrogens (tertiary/aromatic N) is 4. The maximum Gasteiger partial charge on any atom is 0.410 e. The number of hydrogen-bond donors (Lipinski definition) is 0. The molecule has 1 aromatic carbocycles. The van der Waals surface area contributed by atoms with Crippen molar-refractivity contribution in [2.24, 2.45) is 0 Å². The Balaban J connectivity index is 1.38. The Morgan fingerprint density at radius 1 is 1.17 bits per heavy atom. The number of hydrogen-bond acceptors (Lipinski definition) is 8. The fraction of sp³-hybridized carbons (Fsp3) is 0.367. The lowest BCUT2D eigenvalue weighted by atomic mass is 10.0. The molecule has 0 N–H and O–H groups in total. The van der Waals surface area contributed by atoms with Crippen molar-refractivity contribution >= 4 is 33.3 Å². The molecular weight excluding hydrogens is 547 g/mol. The Hall–Kier alpha value is -3.96. The molecule has 11 heteroatoms. The summed E-state index contributed by atoms with van der Waals surface area (Å²) in [5.74, 6) is -0.486. The molecule has 0 radical (unpaired) electrons. The van der Waals surface area contributed by atoms with Gasteiger partial charge in [-0.2, -0.15) is 0 Å². The van der Waals surface area contributed by atoms with Crippen LogP contribution in [0.5, 0.6) is 0 Å². The van der Waals surface area contributed by atoms with Crippen LogP contribution in [-0.4, -0.2) is 51.7 Å². The Labute approximate surface area is 241 Å². The monoisotopic (exact) mass is 578 g/mol. The highest BCUT2D eigenvalue weighted by Gasteiger charge is 2.42. The van der Waals surface area contributed by atoms with Crippen LogP contribution in [0.3, 0.4) is 0 Å². The molecule has 4 aromatic rings. The number of methoxy groups -OCH3 is 1. The number of amides is 1. The highest BCUT2D eigenvalue weighted by atomic mass is 32.1. The van der Waals surface area contributed by atoms with Gasteiger partial charge in [-0.15, -0.1) is 11.3 Å². The maximum atomic E-state index is 14.7. The first-order chi connectivity index (χ1) is 19.5. The molecule has 2 unspecified atom stereocenters. The number of nitro groups is 1. The second-order valence-electron chi connectivity index (χ2n) is 11.0. The second kappa shape index (κ2) is 11.5. The Morgan fingerprint density at radius 3 is 2.66 bits per heavy atom. The number of nitro benzene ring substituents is 1. The fourth-order valence-electron chi connectivity index (χ4n) is 4.85. The number of rotatable bonds is 9. The zero-order valence-electron chi connectivity index (χ0n) is 23.3. The van der Waals surface area contributed by atoms with E-state index in [-0.39, 0.29) is 24.1 Å². The third-order valence-corrected chi connectivity index (χ3v) is 8.05. The number of ether oxygens (including phenoxy) is 2. The van der Waals surface area contributed by atoms with Crippen molar-refractivity contribution in [2.45, 2.75) is 51.2 Å². The van der Waals surface area contributed by atoms with E-state index in [1.807, 2.05) is 51.1 Å². The number of pyridine rings is 2. The van der Waals surface area contributed by atoms with Crippen LogP contribution in [0.2, 0.25) is 0 Å². The van der Waals surface area contributed by atoms with Crippen molar-refractivity contribution in [3.63, 3.8) is 0 Å². The lowest BCUT2D eigenvalue weighted by Crippen LogP contribution is -2.38. The second-order valence-corrected chi connectivity index (χ2v) is 12.1. The molecule has 3 aromatic heterocycles. The molecule has 214 valence electrons. The molecule has 5 rings (SSSR count). The van der Waals surface area contributed by atoms with Crippen molar-refractivity contribution in [1.82, 2.24) is 14.9 Å². The van der Waals surface area contributed by atoms with Gasteiger partial charge >= 0.3 is 6.09 Å². The van der Waals surface area contributed by atoms with Crippen LogP contribution in [0.1, 0.15) is 55.8 Å². The highest BCUT2D eigenvalue weighted by Crippen LogP contribution is 2.57. The van der Waals surface area contributed by atoms with Crippen LogP contribution in [0, 0.1) is 15.9 Å². The molecule has 41 heavy (non-hydrogen) atoms. The van der Waals surface area contributed by atoms with E-state index in [0.29, 0.717) is 24.4 Å². The van der Waals surface area contributed by atoms with Crippen molar-refractivity contribution in [2.75, 3.05) is 20.3 Å². The van der Waals surface area contributed by atoms with Crippen LogP contribution in [0.4, 0.5) is 14.9 Å². The smallest absolute Gasteiger partial charge is 0.410 e. The molecule has 0 saturated heterocycles. The van der Waals surface area contributed by atoms with Gasteiger partial charge in [-0.3, -0.25) is 25.0 Å². The van der Waals surface area contributed by atoms with E-state index in [0.717, 1.165) is 38.8 Å². The molecule has 1 amide bonds. The van der Waals surface area contributed by atoms with Crippen LogP contribution in [0.15, 0.2) is 54.7 Å². The first-order valence-corrected chi connectivity index (χ1v) is 14.1. The molecular formula is C30H31FN4O5S. The average Bonchev–Trinajstić information content (AvgIpc) is 3.58. The summed E-state index contributed by atoms with van der Waals surface area (Å²) in [4.78, 5) is 35.1. The predicted octanol–water partition coefficient (Wildman–Crippen LogP) is 7.06. The minimum absolute atomic E-state index is 0.0423. The third kappa shape index (κ3) is 6.52. The topological polar surface area (TPSA) is 108 Å². The fourth-order valence-corrected chi connectivity index (χ4v) is 6.01. The lowest BCUT2D eigenvalue weighted by molar-refractivity contribution is -0.385. The number of aromatic nitrogens is 2. The zero-order valence-corrected chi connectivity index (χ0v) is 24.1. The predicted molar refractivity (Wildman–Crippen MR) is 155 cm³/mol. The first-order valence-electron chi connectivity index (χ1n) is 13.3. The minimum atomic E-state index is -0.621. The molecule has 1 saturated carbocycles. The van der Waals surface area contributed by atoms with Crippen LogP contribution < -0.4 is 0 Å². The van der Waals surface area contributed by atoms with E-state index >= 15 is 0 Å². The Morgan fingerprint density at radius 2 is 1.95 bits per heavy atom. The van der Waals surface area contributed by atoms with Gasteiger partial charge < -0.3 is 9.47 Å². The average molecular weight is 579 g/mol. The van der Waals surface area contributed by atoms with E-state index in [1.165, 1.54) is 12.1 Å². The summed E-state index contributed by atoms with van der Waals surface area (Å²) in [5, 5.41) is 11.0. The molecule has 1 fully saturated rings. The van der Waals surface area contributed by atoms with Crippen molar-refractivity contribution < 1.29 is 23.6 Å². The van der Waals surface area contributed by atoms with Crippen LogP contribution in [0.25, 0.3) is 20.8 Å². The van der Waals surface area contributed by atoms with E-state index in [9.17, 15) is 19.3 Å². The first kappa shape index (κ1) is 28.6. The lowest BCUT2D eigenvalue weighted by Gasteiger charge is -2.27. The van der Waals surface area contributed by atoms with E-state index in [4.69, 9.17) is 14.5 Å². The van der Waals surface area contributed by atoms with Gasteiger partial charge in [0.1, 0.15) is 11.4 Å². The Bertz CT molecular complexity index is 1600. The number of non-ortho nitro benzene ring substituents is 1. The summed E-state index contributed by atoms with van der Waals surface area (Å²) in [6, 6.07) is 13.6. The third-order valence-electron chi connectivity index (χ3n) is 6.86. The molecule has 2 atom stereocenters. The standard InChI is InChI=1S/C30H31FN4O5S/c1-30(2,3)40-29(36)34(12-13-39-4)17-18-6-5-7-25(33-18)27-16-26-28(41-27)21(10-11-32-26)23-15-22(23)20-9-8-19(35(37)38)14-24(20)31/h5-11,14,16,22-23H,12-13,15,17H2,1-4H3. The van der Waals surface area contributed by atoms with Crippen molar-refractivity contribution in [3.8, 4) is 10.6 Å². The molecule has 3 heterocycles. The zero-order chi connectivity index (χ0) is 29.3. The van der Waals surface area contributed by atoms with Gasteiger partial charge in [-0.05, 0) is 80.5 Å². The van der Waals surface area contributed by atoms with Crippen LogP contribution in [-0.2, 0) is 16.0 Å². The normalized spacial score (nSPS) is 16.5. The van der Waals surface area contributed by atoms with Gasteiger partial charge in [0.15, 0.2) is 0 Å². The molecule has 0 aliphatic heterocycles. The summed E-state index contributed by atoms with van der Waals surface area (Å²) < 4.78 is 26.5. The summed E-state index contributed by atoms with van der Waals surface area (Å²) in [5.41, 5.74) is 3.03. The number of benzene rings is 1. The van der Waals surface area contributed by atoms with Gasteiger partial charge in [0, 0.05) is 25.9 Å². The van der Waals surface area contributed by atoms with Gasteiger partial charge in [-0.1, -0.05) is 6.07 Å². The van der Waals surface area contributed by atoms with Gasteiger partial charge in [-0.25, -0.2) is 9.18 Å².